The number of nitrogens with zero attached hydrogens (tertiary/aromatic N) is 3. The van der Waals surface area contributed by atoms with Gasteiger partial charge in [0.15, 0.2) is 0 Å². The quantitative estimate of drug-likeness (QED) is 0.380. The normalized spacial score (nSPS) is 38.5. The van der Waals surface area contributed by atoms with E-state index in [1.807, 2.05) is 11.9 Å². The number of carbonyl (C=O) groups excluding carboxylic acids is 3. The summed E-state index contributed by atoms with van der Waals surface area (Å²) in [5, 5.41) is 23.9. The van der Waals surface area contributed by atoms with Crippen molar-refractivity contribution in [3.8, 4) is 0 Å². The molecule has 3 N–H and O–H groups in total. The summed E-state index contributed by atoms with van der Waals surface area (Å²) in [6.07, 6.45) is -4.30. The van der Waals surface area contributed by atoms with E-state index in [2.05, 4.69) is 5.32 Å². The number of aliphatic hydroxyl groups is 2. The number of likely N-dealkylation sites (N-methyl/N-ethyl adjacent to an activating group) is 1. The molecule has 7 atom stereocenters. The van der Waals surface area contributed by atoms with E-state index in [0.29, 0.717) is 32.7 Å². The minimum atomic E-state index is -1.25. The molecule has 0 aromatic carbocycles. The van der Waals surface area contributed by atoms with Crippen molar-refractivity contribution in [2.24, 2.45) is 0 Å². The van der Waals surface area contributed by atoms with Crippen LogP contribution in [0.15, 0.2) is 0 Å². The first-order valence-electron chi connectivity index (χ1n) is 11.4. The Kier molecular flexibility index (Phi) is 7.51. The molecule has 6 bridgehead atoms. The maximum absolute atomic E-state index is 13.2. The van der Waals surface area contributed by atoms with Gasteiger partial charge in [0.1, 0.15) is 24.9 Å². The van der Waals surface area contributed by atoms with Gasteiger partial charge in [0.25, 0.3) is 0 Å². The Morgan fingerprint density at radius 1 is 1.15 bits per heavy atom. The molecule has 186 valence electrons. The highest BCUT2D eigenvalue weighted by atomic mass is 16.5. The van der Waals surface area contributed by atoms with E-state index >= 15 is 0 Å². The van der Waals surface area contributed by atoms with E-state index in [4.69, 9.17) is 14.2 Å². The Labute approximate surface area is 192 Å². The van der Waals surface area contributed by atoms with Crippen molar-refractivity contribution in [1.29, 1.82) is 0 Å². The molecule has 4 fully saturated rings. The third-order valence-corrected chi connectivity index (χ3v) is 6.94. The van der Waals surface area contributed by atoms with E-state index in [-0.39, 0.29) is 55.9 Å². The first-order valence-corrected chi connectivity index (χ1v) is 11.4. The largest absolute Gasteiger partial charge is 0.388 e. The van der Waals surface area contributed by atoms with Gasteiger partial charge in [0.05, 0.1) is 31.3 Å². The molecule has 4 heterocycles. The van der Waals surface area contributed by atoms with Crippen LogP contribution in [0.3, 0.4) is 0 Å². The minimum Gasteiger partial charge on any atom is -0.388 e. The second kappa shape index (κ2) is 10.2. The van der Waals surface area contributed by atoms with Crippen LogP contribution in [0.5, 0.6) is 0 Å². The second-order valence-corrected chi connectivity index (χ2v) is 9.36. The number of morpholine rings is 1. The van der Waals surface area contributed by atoms with Crippen LogP contribution in [0, 0.1) is 0 Å². The molecule has 0 aromatic rings. The summed E-state index contributed by atoms with van der Waals surface area (Å²) >= 11 is 0. The molecule has 4 rings (SSSR count). The third-order valence-electron chi connectivity index (χ3n) is 6.94. The third kappa shape index (κ3) is 5.31. The number of amides is 3. The Hall–Kier alpha value is -1.83. The zero-order chi connectivity index (χ0) is 23.7. The SMILES string of the molecule is COCC(=O)N1C[C@@H]2CN(CCO2)C(=O)[C@@H]2C[C@@H](CN2C)NC(=O)C[C@@H]2O[C@H](C1)[C@@H](O)[C@H]2O. The van der Waals surface area contributed by atoms with Gasteiger partial charge in [0.2, 0.25) is 17.7 Å². The molecule has 4 aliphatic heterocycles. The van der Waals surface area contributed by atoms with Crippen molar-refractivity contribution in [2.75, 3.05) is 60.1 Å². The average molecular weight is 471 g/mol. The number of carbonyl (C=O) groups is 3. The van der Waals surface area contributed by atoms with Crippen molar-refractivity contribution in [3.05, 3.63) is 0 Å². The highest BCUT2D eigenvalue weighted by Crippen LogP contribution is 2.26. The first-order chi connectivity index (χ1) is 15.8. The predicted octanol–water partition coefficient (Wildman–Crippen LogP) is -3.23. The van der Waals surface area contributed by atoms with Gasteiger partial charge in [-0.05, 0) is 13.5 Å². The molecule has 0 unspecified atom stereocenters. The number of methoxy groups -OCH3 is 1. The molecule has 0 spiro atoms. The maximum atomic E-state index is 13.2. The molecule has 0 aromatic heterocycles. The van der Waals surface area contributed by atoms with Crippen LogP contribution in [0.2, 0.25) is 0 Å². The van der Waals surface area contributed by atoms with Crippen molar-refractivity contribution < 1.29 is 38.8 Å². The Bertz CT molecular complexity index is 754. The molecule has 12 nitrogen and oxygen atoms in total. The predicted molar refractivity (Wildman–Crippen MR) is 113 cm³/mol. The van der Waals surface area contributed by atoms with Crippen molar-refractivity contribution in [3.63, 3.8) is 0 Å². The summed E-state index contributed by atoms with van der Waals surface area (Å²) in [4.78, 5) is 43.8. The summed E-state index contributed by atoms with van der Waals surface area (Å²) in [6.45, 7) is 1.69. The molecule has 4 saturated heterocycles. The molecule has 0 radical (unpaired) electrons. The Balaban J connectivity index is 1.58. The van der Waals surface area contributed by atoms with Gasteiger partial charge in [-0.1, -0.05) is 0 Å². The minimum absolute atomic E-state index is 0.000331. The summed E-state index contributed by atoms with van der Waals surface area (Å²) in [7, 11) is 3.27. The van der Waals surface area contributed by atoms with Gasteiger partial charge in [-0.3, -0.25) is 19.3 Å². The van der Waals surface area contributed by atoms with Crippen LogP contribution < -0.4 is 5.32 Å². The lowest BCUT2D eigenvalue weighted by Crippen LogP contribution is -2.55. The lowest BCUT2D eigenvalue weighted by atomic mass is 10.0. The van der Waals surface area contributed by atoms with Crippen LogP contribution in [-0.2, 0) is 28.6 Å². The lowest BCUT2D eigenvalue weighted by Gasteiger charge is -2.38. The fourth-order valence-electron chi connectivity index (χ4n) is 5.20. The summed E-state index contributed by atoms with van der Waals surface area (Å²) in [5.41, 5.74) is 0. The number of likely N-dealkylation sites (tertiary alicyclic amines) is 1. The molecule has 4 aliphatic rings. The Morgan fingerprint density at radius 3 is 2.67 bits per heavy atom. The molecule has 3 amide bonds. The van der Waals surface area contributed by atoms with Crippen LogP contribution in [0.4, 0.5) is 0 Å². The summed E-state index contributed by atoms with van der Waals surface area (Å²) in [6, 6.07) is -0.546. The van der Waals surface area contributed by atoms with Gasteiger partial charge in [-0.2, -0.15) is 0 Å². The van der Waals surface area contributed by atoms with E-state index in [1.165, 1.54) is 12.0 Å². The molecule has 12 heteroatoms. The van der Waals surface area contributed by atoms with E-state index in [0.717, 1.165) is 0 Å². The van der Waals surface area contributed by atoms with Gasteiger partial charge in [-0.15, -0.1) is 0 Å². The van der Waals surface area contributed by atoms with Gasteiger partial charge < -0.3 is 39.5 Å². The van der Waals surface area contributed by atoms with E-state index in [1.54, 1.807) is 4.90 Å². The van der Waals surface area contributed by atoms with Crippen LogP contribution >= 0.6 is 0 Å². The lowest BCUT2D eigenvalue weighted by molar-refractivity contribution is -0.148. The zero-order valence-electron chi connectivity index (χ0n) is 19.1. The smallest absolute Gasteiger partial charge is 0.248 e. The Morgan fingerprint density at radius 2 is 1.91 bits per heavy atom. The van der Waals surface area contributed by atoms with E-state index < -0.39 is 30.5 Å². The monoisotopic (exact) mass is 470 g/mol. The highest BCUT2D eigenvalue weighted by Gasteiger charge is 2.46. The zero-order valence-corrected chi connectivity index (χ0v) is 19.1. The average Bonchev–Trinajstić information content (AvgIpc) is 3.26. The molecule has 0 saturated carbocycles. The molecular formula is C21H34N4O8. The second-order valence-electron chi connectivity index (χ2n) is 9.36. The number of aliphatic hydroxyl groups excluding tert-OH is 2. The number of nitrogens with one attached hydrogen (secondary N) is 1. The summed E-state index contributed by atoms with van der Waals surface area (Å²) < 4.78 is 16.7. The van der Waals surface area contributed by atoms with Crippen LogP contribution in [-0.4, -0.2) is 145 Å². The first kappa shape index (κ1) is 24.3. The van der Waals surface area contributed by atoms with Gasteiger partial charge in [-0.25, -0.2) is 0 Å². The molecule has 33 heavy (non-hydrogen) atoms. The number of ether oxygens (including phenoxy) is 3. The molecule has 0 aliphatic carbocycles. The fraction of sp³-hybridized carbons (Fsp3) is 0.857. The summed E-state index contributed by atoms with van der Waals surface area (Å²) in [5.74, 6) is -0.654. The number of hydrogen-bond donors (Lipinski definition) is 3. The van der Waals surface area contributed by atoms with Crippen molar-refractivity contribution >= 4 is 17.7 Å². The van der Waals surface area contributed by atoms with Gasteiger partial charge >= 0.3 is 0 Å². The van der Waals surface area contributed by atoms with Crippen molar-refractivity contribution in [2.45, 2.75) is 55.4 Å². The topological polar surface area (TPSA) is 141 Å². The van der Waals surface area contributed by atoms with Crippen LogP contribution in [0.25, 0.3) is 0 Å². The maximum Gasteiger partial charge on any atom is 0.248 e. The molecular weight excluding hydrogens is 436 g/mol. The van der Waals surface area contributed by atoms with E-state index in [9.17, 15) is 24.6 Å². The number of fused-ring (bicyclic) bond motifs is 6. The number of rotatable bonds is 2. The fourth-order valence-corrected chi connectivity index (χ4v) is 5.20. The van der Waals surface area contributed by atoms with Crippen LogP contribution in [0.1, 0.15) is 12.8 Å². The van der Waals surface area contributed by atoms with Crippen molar-refractivity contribution in [1.82, 2.24) is 20.0 Å². The highest BCUT2D eigenvalue weighted by molar-refractivity contribution is 5.83. The number of hydrogen-bond acceptors (Lipinski definition) is 9. The van der Waals surface area contributed by atoms with Gasteiger partial charge in [0, 0.05) is 45.9 Å². The standard InChI is InChI=1S/C21H34N4O8/c1-23-7-12-5-14(23)21(30)24-3-4-32-13(8-24)9-25(18(27)11-31-2)10-16-20(29)19(28)15(33-16)6-17(26)22-12/h12-16,19-20,28-29H,3-11H2,1-2H3,(H,22,26)/t12-,13-,14-,15-,16+,19-,20+/m0/s1.